The number of hydrogen-bond donors (Lipinski definition) is 1. The Kier molecular flexibility index (Phi) is 4.96. The van der Waals surface area contributed by atoms with Gasteiger partial charge in [0.2, 0.25) is 17.7 Å². The number of amides is 3. The Morgan fingerprint density at radius 1 is 1.04 bits per heavy atom. The molecule has 3 rings (SSSR count). The third-order valence-corrected chi connectivity index (χ3v) is 4.79. The van der Waals surface area contributed by atoms with Crippen LogP contribution in [-0.4, -0.2) is 28.7 Å². The van der Waals surface area contributed by atoms with Crippen LogP contribution in [0, 0.1) is 0 Å². The van der Waals surface area contributed by atoms with E-state index in [9.17, 15) is 14.4 Å². The number of carbonyl (C=O) groups excluding carboxylic acids is 3. The van der Waals surface area contributed by atoms with E-state index in [1.54, 1.807) is 36.4 Å². The summed E-state index contributed by atoms with van der Waals surface area (Å²) in [6, 6.07) is 18.0. The lowest BCUT2D eigenvalue weighted by Crippen LogP contribution is -2.31. The number of anilines is 2. The van der Waals surface area contributed by atoms with Crippen molar-refractivity contribution in [1.82, 2.24) is 0 Å². The van der Waals surface area contributed by atoms with Gasteiger partial charge in [-0.25, -0.2) is 4.90 Å². The van der Waals surface area contributed by atoms with Gasteiger partial charge in [0.05, 0.1) is 16.7 Å². The smallest absolute Gasteiger partial charge is 0.247 e. The van der Waals surface area contributed by atoms with Crippen LogP contribution in [0.2, 0.25) is 0 Å². The van der Waals surface area contributed by atoms with Crippen molar-refractivity contribution >= 4 is 40.9 Å². The van der Waals surface area contributed by atoms with E-state index in [2.05, 4.69) is 5.32 Å². The highest BCUT2D eigenvalue weighted by atomic mass is 32.2. The summed E-state index contributed by atoms with van der Waals surface area (Å²) < 4.78 is 0. The summed E-state index contributed by atoms with van der Waals surface area (Å²) in [7, 11) is 0. The number of para-hydroxylation sites is 2. The first kappa shape index (κ1) is 16.3. The largest absolute Gasteiger partial charge is 0.325 e. The summed E-state index contributed by atoms with van der Waals surface area (Å²) in [5, 5.41) is 2.25. The predicted octanol–water partition coefficient (Wildman–Crippen LogP) is 2.69. The Hall–Kier alpha value is -2.60. The molecular formula is C18H16N2O3S. The molecule has 6 heteroatoms. The SMILES string of the molecule is O=C(CS[C@H]1CC(=O)N(c2ccccc2)C1=O)Nc1ccccc1. The van der Waals surface area contributed by atoms with Crippen LogP contribution in [0.4, 0.5) is 11.4 Å². The molecule has 0 aliphatic carbocycles. The Labute approximate surface area is 144 Å². The zero-order valence-corrected chi connectivity index (χ0v) is 13.7. The predicted molar refractivity (Wildman–Crippen MR) is 94.9 cm³/mol. The highest BCUT2D eigenvalue weighted by Gasteiger charge is 2.39. The fraction of sp³-hybridized carbons (Fsp3) is 0.167. The second-order valence-corrected chi connectivity index (χ2v) is 6.51. The number of nitrogens with one attached hydrogen (secondary N) is 1. The van der Waals surface area contributed by atoms with Gasteiger partial charge in [-0.2, -0.15) is 0 Å². The zero-order chi connectivity index (χ0) is 16.9. The summed E-state index contributed by atoms with van der Waals surface area (Å²) in [4.78, 5) is 37.7. The van der Waals surface area contributed by atoms with E-state index in [4.69, 9.17) is 0 Å². The lowest BCUT2D eigenvalue weighted by molar-refractivity contribution is -0.121. The number of benzene rings is 2. The molecule has 1 aliphatic heterocycles. The van der Waals surface area contributed by atoms with Crippen molar-refractivity contribution in [1.29, 1.82) is 0 Å². The van der Waals surface area contributed by atoms with Crippen molar-refractivity contribution in [3.63, 3.8) is 0 Å². The lowest BCUT2D eigenvalue weighted by atomic mass is 10.3. The summed E-state index contributed by atoms with van der Waals surface area (Å²) in [5.41, 5.74) is 1.28. The normalized spacial score (nSPS) is 17.2. The maximum absolute atomic E-state index is 12.4. The molecule has 0 radical (unpaired) electrons. The second kappa shape index (κ2) is 7.31. The number of carbonyl (C=O) groups is 3. The molecule has 122 valence electrons. The molecule has 24 heavy (non-hydrogen) atoms. The molecule has 0 saturated carbocycles. The minimum Gasteiger partial charge on any atom is -0.325 e. The highest BCUT2D eigenvalue weighted by Crippen LogP contribution is 2.29. The van der Waals surface area contributed by atoms with Gasteiger partial charge in [-0.05, 0) is 24.3 Å². The van der Waals surface area contributed by atoms with Gasteiger partial charge in [0.15, 0.2) is 0 Å². The van der Waals surface area contributed by atoms with E-state index in [0.29, 0.717) is 11.4 Å². The molecular weight excluding hydrogens is 324 g/mol. The summed E-state index contributed by atoms with van der Waals surface area (Å²) in [6.45, 7) is 0. The average molecular weight is 340 g/mol. The van der Waals surface area contributed by atoms with Gasteiger partial charge in [0, 0.05) is 12.1 Å². The lowest BCUT2D eigenvalue weighted by Gasteiger charge is -2.14. The topological polar surface area (TPSA) is 66.5 Å². The molecule has 0 bridgehead atoms. The molecule has 1 saturated heterocycles. The van der Waals surface area contributed by atoms with Crippen LogP contribution >= 0.6 is 11.8 Å². The molecule has 5 nitrogen and oxygen atoms in total. The minimum atomic E-state index is -0.515. The van der Waals surface area contributed by atoms with Gasteiger partial charge < -0.3 is 5.32 Å². The van der Waals surface area contributed by atoms with Gasteiger partial charge >= 0.3 is 0 Å². The Morgan fingerprint density at radius 3 is 2.33 bits per heavy atom. The van der Waals surface area contributed by atoms with Crippen LogP contribution in [0.1, 0.15) is 6.42 Å². The molecule has 0 spiro atoms. The molecule has 1 N–H and O–H groups in total. The highest BCUT2D eigenvalue weighted by molar-refractivity contribution is 8.01. The third-order valence-electron chi connectivity index (χ3n) is 3.59. The third kappa shape index (κ3) is 3.65. The fourth-order valence-electron chi connectivity index (χ4n) is 2.48. The zero-order valence-electron chi connectivity index (χ0n) is 12.8. The van der Waals surface area contributed by atoms with Gasteiger partial charge in [0.25, 0.3) is 0 Å². The first-order valence-electron chi connectivity index (χ1n) is 7.53. The first-order chi connectivity index (χ1) is 11.6. The Morgan fingerprint density at radius 2 is 1.67 bits per heavy atom. The van der Waals surface area contributed by atoms with Crippen molar-refractivity contribution in [2.45, 2.75) is 11.7 Å². The molecule has 2 aromatic rings. The van der Waals surface area contributed by atoms with Crippen molar-refractivity contribution < 1.29 is 14.4 Å². The Bertz CT molecular complexity index is 749. The summed E-state index contributed by atoms with van der Waals surface area (Å²) in [6.07, 6.45) is 0.122. The molecule has 1 atom stereocenters. The van der Waals surface area contributed by atoms with Crippen LogP contribution in [0.15, 0.2) is 60.7 Å². The molecule has 2 aromatic carbocycles. The second-order valence-electron chi connectivity index (χ2n) is 5.32. The van der Waals surface area contributed by atoms with Crippen LogP contribution < -0.4 is 10.2 Å². The summed E-state index contributed by atoms with van der Waals surface area (Å²) in [5.74, 6) is -0.554. The number of rotatable bonds is 5. The Balaban J connectivity index is 1.58. The standard InChI is InChI=1S/C18H16N2O3S/c21-16(19-13-7-3-1-4-8-13)12-24-15-11-17(22)20(18(15)23)14-9-5-2-6-10-14/h1-10,15H,11-12H2,(H,19,21)/t15-/m0/s1. The van der Waals surface area contributed by atoms with Crippen molar-refractivity contribution in [2.75, 3.05) is 16.0 Å². The molecule has 1 aliphatic rings. The van der Waals surface area contributed by atoms with Crippen LogP contribution in [0.25, 0.3) is 0 Å². The van der Waals surface area contributed by atoms with E-state index in [1.807, 2.05) is 24.3 Å². The minimum absolute atomic E-state index is 0.122. The van der Waals surface area contributed by atoms with Crippen LogP contribution in [0.3, 0.4) is 0 Å². The molecule has 0 unspecified atom stereocenters. The molecule has 3 amide bonds. The molecule has 1 heterocycles. The maximum atomic E-state index is 12.4. The van der Waals surface area contributed by atoms with E-state index in [0.717, 1.165) is 0 Å². The quantitative estimate of drug-likeness (QED) is 0.850. The molecule has 0 aromatic heterocycles. The maximum Gasteiger partial charge on any atom is 0.247 e. The first-order valence-corrected chi connectivity index (χ1v) is 8.58. The summed E-state index contributed by atoms with van der Waals surface area (Å²) >= 11 is 1.20. The van der Waals surface area contributed by atoms with Crippen LogP contribution in [0.5, 0.6) is 0 Å². The van der Waals surface area contributed by atoms with Gasteiger partial charge in [0.1, 0.15) is 0 Å². The average Bonchev–Trinajstić information content (AvgIpc) is 2.88. The number of imide groups is 1. The fourth-order valence-corrected chi connectivity index (χ4v) is 3.41. The van der Waals surface area contributed by atoms with Crippen molar-refractivity contribution in [3.8, 4) is 0 Å². The van der Waals surface area contributed by atoms with Crippen molar-refractivity contribution in [3.05, 3.63) is 60.7 Å². The van der Waals surface area contributed by atoms with E-state index >= 15 is 0 Å². The van der Waals surface area contributed by atoms with E-state index < -0.39 is 5.25 Å². The number of nitrogens with zero attached hydrogens (tertiary/aromatic N) is 1. The van der Waals surface area contributed by atoms with Gasteiger partial charge in [-0.3, -0.25) is 14.4 Å². The number of hydrogen-bond acceptors (Lipinski definition) is 4. The van der Waals surface area contributed by atoms with Crippen LogP contribution in [-0.2, 0) is 14.4 Å². The number of thioether (sulfide) groups is 1. The van der Waals surface area contributed by atoms with E-state index in [-0.39, 0.29) is 29.9 Å². The van der Waals surface area contributed by atoms with Crippen molar-refractivity contribution in [2.24, 2.45) is 0 Å². The molecule has 1 fully saturated rings. The van der Waals surface area contributed by atoms with Gasteiger partial charge in [-0.15, -0.1) is 11.8 Å². The van der Waals surface area contributed by atoms with Gasteiger partial charge in [-0.1, -0.05) is 36.4 Å². The monoisotopic (exact) mass is 340 g/mol. The van der Waals surface area contributed by atoms with E-state index in [1.165, 1.54) is 16.7 Å².